The summed E-state index contributed by atoms with van der Waals surface area (Å²) in [5.74, 6) is -0.0483. The second-order valence-corrected chi connectivity index (χ2v) is 4.50. The molecule has 82 valence electrons. The van der Waals surface area contributed by atoms with Crippen molar-refractivity contribution in [3.05, 3.63) is 0 Å². The molecule has 2 fully saturated rings. The molecule has 0 atom stereocenters. The number of amides is 1. The number of hydrogen-bond donors (Lipinski definition) is 1. The number of rotatable bonds is 4. The smallest absolute Gasteiger partial charge is 0.243 e. The van der Waals surface area contributed by atoms with Crippen molar-refractivity contribution in [2.45, 2.75) is 38.1 Å². The molecule has 15 heavy (non-hydrogen) atoms. The zero-order chi connectivity index (χ0) is 10.9. The van der Waals surface area contributed by atoms with Gasteiger partial charge in [-0.3, -0.25) is 4.79 Å². The maximum absolute atomic E-state index is 12.1. The lowest BCUT2D eigenvalue weighted by Gasteiger charge is -2.38. The fourth-order valence-electron chi connectivity index (χ4n) is 2.12. The first-order chi connectivity index (χ1) is 7.23. The van der Waals surface area contributed by atoms with Gasteiger partial charge in [0.15, 0.2) is 0 Å². The molecule has 0 saturated heterocycles. The summed E-state index contributed by atoms with van der Waals surface area (Å²) in [6.45, 7) is 0.372. The summed E-state index contributed by atoms with van der Waals surface area (Å²) in [5, 5.41) is 18.0. The van der Waals surface area contributed by atoms with E-state index in [9.17, 15) is 4.79 Å². The van der Waals surface area contributed by atoms with E-state index in [1.54, 1.807) is 4.90 Å². The Labute approximate surface area is 89.5 Å². The van der Waals surface area contributed by atoms with Gasteiger partial charge in [0, 0.05) is 12.6 Å². The highest BCUT2D eigenvalue weighted by Gasteiger charge is 2.49. The van der Waals surface area contributed by atoms with E-state index in [1.807, 2.05) is 0 Å². The second-order valence-electron chi connectivity index (χ2n) is 4.50. The number of aliphatic hydroxyl groups excluding tert-OH is 1. The monoisotopic (exact) mass is 208 g/mol. The van der Waals surface area contributed by atoms with E-state index in [1.165, 1.54) is 0 Å². The minimum Gasteiger partial charge on any atom is -0.395 e. The minimum absolute atomic E-state index is 0.0102. The van der Waals surface area contributed by atoms with Crippen molar-refractivity contribution < 1.29 is 9.90 Å². The Morgan fingerprint density at radius 2 is 2.20 bits per heavy atom. The average molecular weight is 208 g/mol. The fraction of sp³-hybridized carbons (Fsp3) is 0.818. The summed E-state index contributed by atoms with van der Waals surface area (Å²) in [7, 11) is 0. The van der Waals surface area contributed by atoms with E-state index in [0.29, 0.717) is 19.4 Å². The average Bonchev–Trinajstić information content (AvgIpc) is 2.96. The van der Waals surface area contributed by atoms with Gasteiger partial charge in [0.25, 0.3) is 0 Å². The Hall–Kier alpha value is -1.08. The zero-order valence-electron chi connectivity index (χ0n) is 8.78. The van der Waals surface area contributed by atoms with E-state index in [2.05, 4.69) is 6.07 Å². The lowest BCUT2D eigenvalue weighted by atomic mass is 9.69. The Balaban J connectivity index is 2.06. The van der Waals surface area contributed by atoms with Gasteiger partial charge in [0.1, 0.15) is 5.41 Å². The molecule has 0 aromatic heterocycles. The molecule has 2 saturated carbocycles. The molecule has 0 aromatic carbocycles. The predicted molar refractivity (Wildman–Crippen MR) is 53.7 cm³/mol. The van der Waals surface area contributed by atoms with E-state index in [4.69, 9.17) is 10.4 Å². The van der Waals surface area contributed by atoms with Crippen LogP contribution in [0.4, 0.5) is 0 Å². The van der Waals surface area contributed by atoms with Crippen LogP contribution in [0.1, 0.15) is 32.1 Å². The van der Waals surface area contributed by atoms with Crippen molar-refractivity contribution in [1.82, 2.24) is 4.90 Å². The van der Waals surface area contributed by atoms with Gasteiger partial charge < -0.3 is 10.0 Å². The first-order valence-electron chi connectivity index (χ1n) is 5.57. The van der Waals surface area contributed by atoms with Crippen LogP contribution in [0.15, 0.2) is 0 Å². The van der Waals surface area contributed by atoms with E-state index < -0.39 is 5.41 Å². The molecule has 0 bridgehead atoms. The van der Waals surface area contributed by atoms with Crippen LogP contribution in [0.5, 0.6) is 0 Å². The van der Waals surface area contributed by atoms with E-state index in [-0.39, 0.29) is 18.6 Å². The predicted octanol–water partition coefficient (Wildman–Crippen LogP) is 0.664. The normalized spacial score (nSPS) is 22.7. The first-order valence-corrected chi connectivity index (χ1v) is 5.57. The maximum atomic E-state index is 12.1. The Kier molecular flexibility index (Phi) is 2.66. The molecule has 4 nitrogen and oxygen atoms in total. The molecule has 1 amide bonds. The quantitative estimate of drug-likeness (QED) is 0.738. The summed E-state index contributed by atoms with van der Waals surface area (Å²) >= 11 is 0. The van der Waals surface area contributed by atoms with E-state index in [0.717, 1.165) is 19.3 Å². The molecule has 0 aromatic rings. The minimum atomic E-state index is -0.752. The summed E-state index contributed by atoms with van der Waals surface area (Å²) in [6.07, 6.45) is 4.39. The summed E-state index contributed by atoms with van der Waals surface area (Å²) in [5.41, 5.74) is -0.752. The van der Waals surface area contributed by atoms with Crippen molar-refractivity contribution in [2.75, 3.05) is 13.2 Å². The molecular formula is C11H16N2O2. The molecule has 2 aliphatic carbocycles. The van der Waals surface area contributed by atoms with Gasteiger partial charge in [-0.1, -0.05) is 0 Å². The topological polar surface area (TPSA) is 64.3 Å². The van der Waals surface area contributed by atoms with Crippen LogP contribution in [-0.4, -0.2) is 35.1 Å². The second kappa shape index (κ2) is 3.82. The van der Waals surface area contributed by atoms with Crippen molar-refractivity contribution in [3.8, 4) is 6.07 Å². The third-order valence-corrected chi connectivity index (χ3v) is 3.42. The number of hydrogen-bond acceptors (Lipinski definition) is 3. The number of nitrogens with zero attached hydrogens (tertiary/aromatic N) is 2. The summed E-state index contributed by atoms with van der Waals surface area (Å²) in [4.78, 5) is 13.9. The highest BCUT2D eigenvalue weighted by Crippen LogP contribution is 2.43. The van der Waals surface area contributed by atoms with Gasteiger partial charge >= 0.3 is 0 Å². The lowest BCUT2D eigenvalue weighted by Crippen LogP contribution is -2.49. The Morgan fingerprint density at radius 3 is 2.53 bits per heavy atom. The van der Waals surface area contributed by atoms with Crippen LogP contribution in [0, 0.1) is 16.7 Å². The lowest BCUT2D eigenvalue weighted by molar-refractivity contribution is -0.144. The van der Waals surface area contributed by atoms with Gasteiger partial charge in [-0.2, -0.15) is 5.26 Å². The molecule has 0 spiro atoms. The van der Waals surface area contributed by atoms with Gasteiger partial charge in [0.05, 0.1) is 12.7 Å². The highest BCUT2D eigenvalue weighted by atomic mass is 16.3. The van der Waals surface area contributed by atoms with Crippen molar-refractivity contribution in [1.29, 1.82) is 5.26 Å². The molecular weight excluding hydrogens is 192 g/mol. The van der Waals surface area contributed by atoms with Crippen molar-refractivity contribution in [3.63, 3.8) is 0 Å². The van der Waals surface area contributed by atoms with Crippen molar-refractivity contribution >= 4 is 5.91 Å². The van der Waals surface area contributed by atoms with Crippen molar-refractivity contribution in [2.24, 2.45) is 5.41 Å². The van der Waals surface area contributed by atoms with E-state index >= 15 is 0 Å². The van der Waals surface area contributed by atoms with Gasteiger partial charge in [-0.25, -0.2) is 0 Å². The SMILES string of the molecule is N#CC1(C(=O)N(CCO)C2CC2)CCC1. The summed E-state index contributed by atoms with van der Waals surface area (Å²) < 4.78 is 0. The first kappa shape index (κ1) is 10.4. The number of carbonyl (C=O) groups is 1. The molecule has 0 unspecified atom stereocenters. The van der Waals surface area contributed by atoms with Crippen LogP contribution in [0.3, 0.4) is 0 Å². The zero-order valence-corrected chi connectivity index (χ0v) is 8.78. The van der Waals surface area contributed by atoms with Gasteiger partial charge in [0.2, 0.25) is 5.91 Å². The third-order valence-electron chi connectivity index (χ3n) is 3.42. The molecule has 2 aliphatic rings. The third kappa shape index (κ3) is 1.72. The molecule has 1 N–H and O–H groups in total. The number of nitriles is 1. The van der Waals surface area contributed by atoms with Crippen LogP contribution < -0.4 is 0 Å². The number of aliphatic hydroxyl groups is 1. The van der Waals surface area contributed by atoms with Crippen LogP contribution >= 0.6 is 0 Å². The van der Waals surface area contributed by atoms with Crippen LogP contribution in [-0.2, 0) is 4.79 Å². The van der Waals surface area contributed by atoms with Crippen LogP contribution in [0.25, 0.3) is 0 Å². The molecule has 0 radical (unpaired) electrons. The summed E-state index contributed by atoms with van der Waals surface area (Å²) in [6, 6.07) is 2.45. The molecule has 0 heterocycles. The fourth-order valence-corrected chi connectivity index (χ4v) is 2.12. The standard InChI is InChI=1S/C11H16N2O2/c12-8-11(4-1-5-11)10(15)13(6-7-14)9-2-3-9/h9,14H,1-7H2. The van der Waals surface area contributed by atoms with Crippen LogP contribution in [0.2, 0.25) is 0 Å². The molecule has 2 rings (SSSR count). The van der Waals surface area contributed by atoms with Gasteiger partial charge in [-0.05, 0) is 32.1 Å². The molecule has 4 heteroatoms. The molecule has 0 aliphatic heterocycles. The Bertz CT molecular complexity index is 300. The highest BCUT2D eigenvalue weighted by molar-refractivity contribution is 5.87. The Morgan fingerprint density at radius 1 is 1.53 bits per heavy atom. The maximum Gasteiger partial charge on any atom is 0.243 e. The van der Waals surface area contributed by atoms with Gasteiger partial charge in [-0.15, -0.1) is 0 Å². The largest absolute Gasteiger partial charge is 0.395 e. The number of carbonyl (C=O) groups excluding carboxylic acids is 1.